The lowest BCUT2D eigenvalue weighted by atomic mass is 9.99. The van der Waals surface area contributed by atoms with Gasteiger partial charge in [-0.2, -0.15) is 8.42 Å². The zero-order chi connectivity index (χ0) is 40.4. The highest BCUT2D eigenvalue weighted by molar-refractivity contribution is 7.80. The van der Waals surface area contributed by atoms with Gasteiger partial charge in [0.1, 0.15) is 30.5 Å². The number of carbonyl (C=O) groups excluding carboxylic acids is 1. The van der Waals surface area contributed by atoms with Crippen LogP contribution in [0.5, 0.6) is 0 Å². The molecule has 0 radical (unpaired) electrons. The molecule has 0 aromatic rings. The van der Waals surface area contributed by atoms with Gasteiger partial charge in [-0.15, -0.1) is 0 Å². The average molecular weight is 805 g/mol. The van der Waals surface area contributed by atoms with Gasteiger partial charge in [0.15, 0.2) is 6.29 Å². The molecule has 6 atom stereocenters. The van der Waals surface area contributed by atoms with E-state index >= 15 is 0 Å². The zero-order valence-corrected chi connectivity index (χ0v) is 34.8. The molecule has 0 aliphatic carbocycles. The molecule has 0 aromatic carbocycles. The van der Waals surface area contributed by atoms with Gasteiger partial charge >= 0.3 is 16.4 Å². The highest BCUT2D eigenvalue weighted by atomic mass is 32.3. The zero-order valence-electron chi connectivity index (χ0n) is 34.0. The monoisotopic (exact) mass is 805 g/mol. The molecule has 4 N–H and O–H groups in total. The molecule has 1 rings (SSSR count). The molecule has 0 spiro atoms. The molecular weight excluding hydrogens is 729 g/mol. The third kappa shape index (κ3) is 28.4. The second kappa shape index (κ2) is 34.4. The second-order valence-electron chi connectivity index (χ2n) is 14.6. The Kier molecular flexibility index (Phi) is 32.1. The van der Waals surface area contributed by atoms with Crippen molar-refractivity contribution in [1.82, 2.24) is 0 Å². The fourth-order valence-electron chi connectivity index (χ4n) is 6.21. The molecule has 1 saturated heterocycles. The number of esters is 1. The quantitative estimate of drug-likeness (QED) is 0.0207. The number of aliphatic hydroxyl groups is 3. The Hall–Kier alpha value is -1.68. The van der Waals surface area contributed by atoms with E-state index in [0.29, 0.717) is 13.0 Å². The van der Waals surface area contributed by atoms with Crippen molar-refractivity contribution in [1.29, 1.82) is 0 Å². The molecule has 0 saturated carbocycles. The van der Waals surface area contributed by atoms with E-state index in [9.17, 15) is 28.5 Å². The molecule has 1 fully saturated rings. The van der Waals surface area contributed by atoms with Crippen LogP contribution in [0.25, 0.3) is 0 Å². The molecule has 13 heteroatoms. The van der Waals surface area contributed by atoms with Crippen LogP contribution in [-0.2, 0) is 38.3 Å². The first kappa shape index (κ1) is 51.3. The molecule has 1 heterocycles. The number of rotatable bonds is 36. The largest absolute Gasteiger partial charge is 0.457 e. The van der Waals surface area contributed by atoms with Crippen molar-refractivity contribution in [3.05, 3.63) is 36.5 Å². The first-order chi connectivity index (χ1) is 26.6. The van der Waals surface area contributed by atoms with Crippen molar-refractivity contribution in [2.45, 2.75) is 198 Å². The van der Waals surface area contributed by atoms with Gasteiger partial charge in [0.05, 0.1) is 19.8 Å². The fraction of sp³-hybridized carbons (Fsp3) is 0.833. The van der Waals surface area contributed by atoms with Gasteiger partial charge in [0.2, 0.25) is 0 Å². The van der Waals surface area contributed by atoms with Crippen LogP contribution in [-0.4, -0.2) is 97.5 Å². The van der Waals surface area contributed by atoms with Gasteiger partial charge in [-0.3, -0.25) is 9.35 Å². The molecule has 0 aromatic heterocycles. The molecule has 1 aliphatic rings. The van der Waals surface area contributed by atoms with Crippen LogP contribution in [0.1, 0.15) is 162 Å². The van der Waals surface area contributed by atoms with E-state index in [-0.39, 0.29) is 19.6 Å². The lowest BCUT2D eigenvalue weighted by Crippen LogP contribution is -2.60. The number of ether oxygens (including phenoxy) is 4. The normalized spacial score (nSPS) is 21.3. The van der Waals surface area contributed by atoms with E-state index in [1.54, 1.807) is 0 Å². The summed E-state index contributed by atoms with van der Waals surface area (Å²) >= 11 is 0. The number of aliphatic hydroxyl groups excluding tert-OH is 3. The number of hydrogen-bond donors (Lipinski definition) is 4. The lowest BCUT2D eigenvalue weighted by molar-refractivity contribution is -0.301. The molecule has 0 amide bonds. The van der Waals surface area contributed by atoms with E-state index in [4.69, 9.17) is 23.5 Å². The van der Waals surface area contributed by atoms with Crippen molar-refractivity contribution in [2.24, 2.45) is 0 Å². The Morgan fingerprint density at radius 2 is 1.22 bits per heavy atom. The summed E-state index contributed by atoms with van der Waals surface area (Å²) < 4.78 is 58.9. The highest BCUT2D eigenvalue weighted by Crippen LogP contribution is 2.26. The van der Waals surface area contributed by atoms with E-state index in [2.05, 4.69) is 54.5 Å². The fourth-order valence-corrected chi connectivity index (χ4v) is 6.72. The predicted molar refractivity (Wildman–Crippen MR) is 216 cm³/mol. The lowest BCUT2D eigenvalue weighted by Gasteiger charge is -2.41. The molecule has 322 valence electrons. The average Bonchev–Trinajstić information content (AvgIpc) is 3.15. The van der Waals surface area contributed by atoms with Crippen molar-refractivity contribution in [3.8, 4) is 0 Å². The van der Waals surface area contributed by atoms with Gasteiger partial charge in [-0.1, -0.05) is 127 Å². The first-order valence-corrected chi connectivity index (χ1v) is 22.6. The van der Waals surface area contributed by atoms with Crippen LogP contribution in [0.3, 0.4) is 0 Å². The SMILES string of the molecule is CCCC/C=C\CCCCCCCCOCC(COC1OC(CO)C(O)C(OS(=O)(=O)O)C1O)OC(=O)CCCCCCC/C=C\C/C=C\CCCCCC. The third-order valence-electron chi connectivity index (χ3n) is 9.48. The Balaban J connectivity index is 2.48. The smallest absolute Gasteiger partial charge is 0.397 e. The molecule has 6 unspecified atom stereocenters. The van der Waals surface area contributed by atoms with Gasteiger partial charge in [0, 0.05) is 13.0 Å². The molecule has 12 nitrogen and oxygen atoms in total. The summed E-state index contributed by atoms with van der Waals surface area (Å²) in [4.78, 5) is 12.8. The summed E-state index contributed by atoms with van der Waals surface area (Å²) in [5, 5.41) is 30.6. The maximum atomic E-state index is 12.8. The van der Waals surface area contributed by atoms with Gasteiger partial charge in [-0.25, -0.2) is 4.18 Å². The molecule has 0 bridgehead atoms. The Morgan fingerprint density at radius 1 is 0.691 bits per heavy atom. The van der Waals surface area contributed by atoms with Crippen molar-refractivity contribution in [3.63, 3.8) is 0 Å². The van der Waals surface area contributed by atoms with Gasteiger partial charge in [-0.05, 0) is 64.2 Å². The number of hydrogen-bond acceptors (Lipinski definition) is 11. The minimum absolute atomic E-state index is 0.0260. The van der Waals surface area contributed by atoms with Gasteiger partial charge < -0.3 is 34.3 Å². The number of carbonyl (C=O) groups is 1. The molecule has 1 aliphatic heterocycles. The first-order valence-electron chi connectivity index (χ1n) is 21.2. The van der Waals surface area contributed by atoms with E-state index in [1.165, 1.54) is 57.8 Å². The Morgan fingerprint density at radius 3 is 1.80 bits per heavy atom. The predicted octanol–water partition coefficient (Wildman–Crippen LogP) is 8.24. The highest BCUT2D eigenvalue weighted by Gasteiger charge is 2.48. The van der Waals surface area contributed by atoms with Crippen LogP contribution in [0.2, 0.25) is 0 Å². The summed E-state index contributed by atoms with van der Waals surface area (Å²) in [6.07, 6.45) is 28.9. The maximum absolute atomic E-state index is 12.8. The van der Waals surface area contributed by atoms with Crippen molar-refractivity contribution in [2.75, 3.05) is 26.4 Å². The van der Waals surface area contributed by atoms with Crippen molar-refractivity contribution < 1.29 is 56.2 Å². The van der Waals surface area contributed by atoms with E-state index in [1.807, 2.05) is 0 Å². The van der Waals surface area contributed by atoms with E-state index in [0.717, 1.165) is 77.0 Å². The number of unbranched alkanes of at least 4 members (excludes halogenated alkanes) is 17. The summed E-state index contributed by atoms with van der Waals surface area (Å²) in [6, 6.07) is 0. The minimum atomic E-state index is -5.06. The Labute approximate surface area is 333 Å². The Bertz CT molecular complexity index is 1110. The van der Waals surface area contributed by atoms with Crippen LogP contribution >= 0.6 is 0 Å². The summed E-state index contributed by atoms with van der Waals surface area (Å²) in [5.74, 6) is -0.417. The summed E-state index contributed by atoms with van der Waals surface area (Å²) in [5.41, 5.74) is 0. The van der Waals surface area contributed by atoms with Crippen LogP contribution < -0.4 is 0 Å². The molecular formula is C42H76O12S. The summed E-state index contributed by atoms with van der Waals surface area (Å²) in [7, 11) is -5.06. The maximum Gasteiger partial charge on any atom is 0.397 e. The van der Waals surface area contributed by atoms with Crippen LogP contribution in [0, 0.1) is 0 Å². The van der Waals surface area contributed by atoms with Crippen molar-refractivity contribution >= 4 is 16.4 Å². The van der Waals surface area contributed by atoms with E-state index < -0.39 is 59.8 Å². The summed E-state index contributed by atoms with van der Waals surface area (Å²) in [6.45, 7) is 3.89. The van der Waals surface area contributed by atoms with Crippen LogP contribution in [0.15, 0.2) is 36.5 Å². The number of allylic oxidation sites excluding steroid dienone is 6. The minimum Gasteiger partial charge on any atom is -0.457 e. The molecule has 55 heavy (non-hydrogen) atoms. The topological polar surface area (TPSA) is 178 Å². The third-order valence-corrected chi connectivity index (χ3v) is 9.95. The standard InChI is InChI=1S/C42H76O12S/c1-3-5-7-9-11-13-15-17-18-19-20-21-23-25-27-29-31-38(44)52-36(34-50-32-30-28-26-24-22-16-14-12-10-8-6-4-2)35-51-42-40(46)41(54-55(47,48)49)39(45)37(33-43)53-42/h10,12-13,15,18-19,36-37,39-43,45-46H,3-9,11,14,16-17,20-35H2,1-2H3,(H,47,48,49)/b12-10-,15-13-,19-18-. The second-order valence-corrected chi connectivity index (χ2v) is 15.6. The van der Waals surface area contributed by atoms with Crippen LogP contribution in [0.4, 0.5) is 0 Å². The van der Waals surface area contributed by atoms with Gasteiger partial charge in [0.25, 0.3) is 0 Å².